The number of hydrogen-bond acceptors (Lipinski definition) is 5. The van der Waals surface area contributed by atoms with Crippen LogP contribution in [0.25, 0.3) is 11.5 Å². The maximum Gasteiger partial charge on any atom is 0.259 e. The number of methoxy groups -OCH3 is 1. The van der Waals surface area contributed by atoms with E-state index in [1.165, 1.54) is 19.2 Å². The van der Waals surface area contributed by atoms with Crippen LogP contribution in [0.1, 0.15) is 11.9 Å². The molecule has 0 fully saturated rings. The van der Waals surface area contributed by atoms with Gasteiger partial charge < -0.3 is 15.0 Å². The number of hydrogen-bond donors (Lipinski definition) is 1. The Morgan fingerprint density at radius 2 is 2.33 bits per heavy atom. The molecule has 0 aliphatic heterocycles. The van der Waals surface area contributed by atoms with Crippen molar-refractivity contribution in [3.8, 4) is 11.5 Å². The summed E-state index contributed by atoms with van der Waals surface area (Å²) in [5.74, 6) is 0.285. The molecular formula is C11H11BrFN3O2. The Hall–Kier alpha value is -1.31. The van der Waals surface area contributed by atoms with Crippen molar-refractivity contribution in [1.29, 1.82) is 0 Å². The van der Waals surface area contributed by atoms with Crippen molar-refractivity contribution < 1.29 is 13.7 Å². The highest BCUT2D eigenvalue weighted by atomic mass is 79.9. The lowest BCUT2D eigenvalue weighted by Crippen LogP contribution is -2.17. The lowest BCUT2D eigenvalue weighted by atomic mass is 10.2. The molecule has 7 heteroatoms. The van der Waals surface area contributed by atoms with Crippen molar-refractivity contribution >= 4 is 15.9 Å². The van der Waals surface area contributed by atoms with Crippen LogP contribution >= 0.6 is 15.9 Å². The van der Waals surface area contributed by atoms with E-state index in [0.717, 1.165) is 0 Å². The van der Waals surface area contributed by atoms with E-state index in [1.54, 1.807) is 6.07 Å². The highest BCUT2D eigenvalue weighted by Crippen LogP contribution is 2.28. The molecule has 0 saturated carbocycles. The fourth-order valence-corrected chi connectivity index (χ4v) is 1.93. The first-order valence-corrected chi connectivity index (χ1v) is 5.94. The lowest BCUT2D eigenvalue weighted by Gasteiger charge is -2.03. The van der Waals surface area contributed by atoms with Gasteiger partial charge in [0.15, 0.2) is 5.82 Å². The molecule has 0 aliphatic carbocycles. The van der Waals surface area contributed by atoms with Crippen LogP contribution in [0, 0.1) is 5.82 Å². The summed E-state index contributed by atoms with van der Waals surface area (Å²) in [6.45, 7) is 0.295. The van der Waals surface area contributed by atoms with E-state index in [1.807, 2.05) is 0 Å². The predicted octanol–water partition coefficient (Wildman–Crippen LogP) is 2.28. The number of benzene rings is 1. The largest absolute Gasteiger partial charge is 0.383 e. The summed E-state index contributed by atoms with van der Waals surface area (Å²) in [7, 11) is 1.54. The van der Waals surface area contributed by atoms with E-state index in [9.17, 15) is 4.39 Å². The van der Waals surface area contributed by atoms with Gasteiger partial charge in [0.2, 0.25) is 0 Å². The summed E-state index contributed by atoms with van der Waals surface area (Å²) in [5, 5.41) is 3.77. The summed E-state index contributed by atoms with van der Waals surface area (Å²) in [5.41, 5.74) is 6.39. The average Bonchev–Trinajstić information content (AvgIpc) is 2.78. The first kappa shape index (κ1) is 13.1. The Labute approximate surface area is 111 Å². The minimum atomic E-state index is -0.452. The van der Waals surface area contributed by atoms with Crippen molar-refractivity contribution in [2.75, 3.05) is 13.7 Å². The standard InChI is InChI=1S/C11H11BrFN3O2/c1-17-5-9(14)10-15-11(18-16-10)7-3-2-6(13)4-8(7)12/h2-4,9H,5,14H2,1H3. The predicted molar refractivity (Wildman–Crippen MR) is 66.2 cm³/mol. The zero-order valence-corrected chi connectivity index (χ0v) is 11.1. The zero-order chi connectivity index (χ0) is 13.1. The topological polar surface area (TPSA) is 74.2 Å². The molecule has 2 N–H and O–H groups in total. The summed E-state index contributed by atoms with van der Waals surface area (Å²) in [6, 6.07) is 3.75. The molecule has 0 spiro atoms. The number of nitrogens with zero attached hydrogens (tertiary/aromatic N) is 2. The minimum absolute atomic E-state index is 0.281. The van der Waals surface area contributed by atoms with E-state index >= 15 is 0 Å². The molecule has 0 amide bonds. The molecule has 0 bridgehead atoms. The Morgan fingerprint density at radius 1 is 1.56 bits per heavy atom. The number of nitrogens with two attached hydrogens (primary N) is 1. The smallest absolute Gasteiger partial charge is 0.259 e. The van der Waals surface area contributed by atoms with Crippen molar-refractivity contribution in [3.05, 3.63) is 34.3 Å². The van der Waals surface area contributed by atoms with Gasteiger partial charge in [0, 0.05) is 11.6 Å². The van der Waals surface area contributed by atoms with Crippen molar-refractivity contribution in [1.82, 2.24) is 10.1 Å². The van der Waals surface area contributed by atoms with E-state index in [2.05, 4.69) is 26.1 Å². The third-order valence-corrected chi connectivity index (χ3v) is 2.94. The lowest BCUT2D eigenvalue weighted by molar-refractivity contribution is 0.177. The highest BCUT2D eigenvalue weighted by molar-refractivity contribution is 9.10. The van der Waals surface area contributed by atoms with Crippen molar-refractivity contribution in [3.63, 3.8) is 0 Å². The van der Waals surface area contributed by atoms with Crippen LogP contribution in [0.2, 0.25) is 0 Å². The van der Waals surface area contributed by atoms with Crippen LogP contribution in [0.15, 0.2) is 27.2 Å². The third-order valence-electron chi connectivity index (χ3n) is 2.28. The number of ether oxygens (including phenoxy) is 1. The van der Waals surface area contributed by atoms with Crippen LogP contribution in [0.4, 0.5) is 4.39 Å². The summed E-state index contributed by atoms with van der Waals surface area (Å²) < 4.78 is 23.5. The molecule has 2 aromatic rings. The Balaban J connectivity index is 2.29. The van der Waals surface area contributed by atoms with Gasteiger partial charge in [-0.25, -0.2) is 4.39 Å². The molecule has 1 aromatic heterocycles. The zero-order valence-electron chi connectivity index (χ0n) is 9.56. The maximum absolute atomic E-state index is 13.0. The molecule has 1 unspecified atom stereocenters. The summed E-state index contributed by atoms with van der Waals surface area (Å²) in [6.07, 6.45) is 0. The normalized spacial score (nSPS) is 12.7. The first-order chi connectivity index (χ1) is 8.61. The monoisotopic (exact) mass is 315 g/mol. The maximum atomic E-state index is 13.0. The Bertz CT molecular complexity index is 547. The molecule has 2 rings (SSSR count). The fourth-order valence-electron chi connectivity index (χ4n) is 1.41. The van der Waals surface area contributed by atoms with Crippen molar-refractivity contribution in [2.24, 2.45) is 5.73 Å². The molecule has 0 saturated heterocycles. The van der Waals surface area contributed by atoms with E-state index < -0.39 is 6.04 Å². The molecule has 18 heavy (non-hydrogen) atoms. The van der Waals surface area contributed by atoms with Gasteiger partial charge in [-0.2, -0.15) is 4.98 Å². The molecule has 5 nitrogen and oxygen atoms in total. The molecule has 1 aromatic carbocycles. The third kappa shape index (κ3) is 2.74. The Morgan fingerprint density at radius 3 is 3.00 bits per heavy atom. The van der Waals surface area contributed by atoms with Gasteiger partial charge in [-0.15, -0.1) is 0 Å². The number of aromatic nitrogens is 2. The molecule has 0 aliphatic rings. The second-order valence-corrected chi connectivity index (χ2v) is 4.50. The minimum Gasteiger partial charge on any atom is -0.383 e. The summed E-state index contributed by atoms with van der Waals surface area (Å²) >= 11 is 3.24. The van der Waals surface area contributed by atoms with Gasteiger partial charge in [-0.1, -0.05) is 5.16 Å². The highest BCUT2D eigenvalue weighted by Gasteiger charge is 2.16. The van der Waals surface area contributed by atoms with Crippen LogP contribution in [0.3, 0.4) is 0 Å². The van der Waals surface area contributed by atoms with Crippen LogP contribution in [-0.4, -0.2) is 23.9 Å². The van der Waals surface area contributed by atoms with E-state index in [0.29, 0.717) is 22.5 Å². The van der Waals surface area contributed by atoms with Gasteiger partial charge in [0.1, 0.15) is 5.82 Å². The van der Waals surface area contributed by atoms with Crippen LogP contribution in [-0.2, 0) is 4.74 Å². The van der Waals surface area contributed by atoms with Crippen molar-refractivity contribution in [2.45, 2.75) is 6.04 Å². The molecule has 1 heterocycles. The first-order valence-electron chi connectivity index (χ1n) is 5.15. The number of halogens is 2. The average molecular weight is 316 g/mol. The molecule has 0 radical (unpaired) electrons. The Kier molecular flexibility index (Phi) is 4.05. The van der Waals surface area contributed by atoms with E-state index in [4.69, 9.17) is 15.0 Å². The molecular weight excluding hydrogens is 305 g/mol. The second-order valence-electron chi connectivity index (χ2n) is 3.64. The van der Waals surface area contributed by atoms with Gasteiger partial charge in [-0.05, 0) is 34.1 Å². The molecule has 1 atom stereocenters. The second kappa shape index (κ2) is 5.55. The van der Waals surface area contributed by atoms with Gasteiger partial charge in [0.05, 0.1) is 18.2 Å². The van der Waals surface area contributed by atoms with E-state index in [-0.39, 0.29) is 11.7 Å². The van der Waals surface area contributed by atoms with Gasteiger partial charge in [0.25, 0.3) is 5.89 Å². The summed E-state index contributed by atoms with van der Waals surface area (Å²) in [4.78, 5) is 4.15. The SMILES string of the molecule is COCC(N)c1noc(-c2ccc(F)cc2Br)n1. The quantitative estimate of drug-likeness (QED) is 0.937. The van der Waals surface area contributed by atoms with Crippen LogP contribution in [0.5, 0.6) is 0 Å². The molecule has 96 valence electrons. The number of rotatable bonds is 4. The fraction of sp³-hybridized carbons (Fsp3) is 0.273. The van der Waals surface area contributed by atoms with Crippen LogP contribution < -0.4 is 5.73 Å². The van der Waals surface area contributed by atoms with Gasteiger partial charge >= 0.3 is 0 Å². The van der Waals surface area contributed by atoms with Gasteiger partial charge in [-0.3, -0.25) is 0 Å².